The van der Waals surface area contributed by atoms with Crippen molar-refractivity contribution in [1.29, 1.82) is 0 Å². The fourth-order valence-electron chi connectivity index (χ4n) is 2.30. The first-order valence-corrected chi connectivity index (χ1v) is 7.37. The number of aryl methyl sites for hydroxylation is 2. The smallest absolute Gasteiger partial charge is 0.194 e. The molecule has 2 aromatic heterocycles. The largest absolute Gasteiger partial charge is 0.278 e. The molecule has 0 aliphatic heterocycles. The first kappa shape index (κ1) is 14.1. The van der Waals surface area contributed by atoms with Crippen molar-refractivity contribution in [3.05, 3.63) is 40.0 Å². The highest BCUT2D eigenvalue weighted by Gasteiger charge is 2.24. The monoisotopic (exact) mass is 302 g/mol. The Morgan fingerprint density at radius 2 is 1.86 bits per heavy atom. The molecule has 0 unspecified atom stereocenters. The summed E-state index contributed by atoms with van der Waals surface area (Å²) in [6.45, 7) is 10.5. The highest BCUT2D eigenvalue weighted by atomic mass is 35.5. The minimum Gasteiger partial charge on any atom is -0.278 e. The van der Waals surface area contributed by atoms with E-state index in [0.29, 0.717) is 16.5 Å². The van der Waals surface area contributed by atoms with E-state index < -0.39 is 0 Å². The van der Waals surface area contributed by atoms with Gasteiger partial charge >= 0.3 is 0 Å². The number of halogens is 1. The molecule has 3 rings (SSSR count). The summed E-state index contributed by atoms with van der Waals surface area (Å²) in [5, 5.41) is 8.39. The highest BCUT2D eigenvalue weighted by molar-refractivity contribution is 6.34. The van der Waals surface area contributed by atoms with Gasteiger partial charge in [-0.25, -0.2) is 4.98 Å². The van der Waals surface area contributed by atoms with Gasteiger partial charge in [0.25, 0.3) is 0 Å². The molecule has 0 amide bonds. The summed E-state index contributed by atoms with van der Waals surface area (Å²) in [5.41, 5.74) is 5.05. The standard InChI is InChI=1S/C16H19ClN4/c1-9-6-7-11(8-10(9)2)14-18-15-12(17)13(16(3,4)5)19-21(15)20-14/h6-8,19H,1-5H3. The van der Waals surface area contributed by atoms with Crippen LogP contribution in [0.5, 0.6) is 0 Å². The third-order valence-corrected chi connectivity index (χ3v) is 4.11. The maximum Gasteiger partial charge on any atom is 0.194 e. The lowest BCUT2D eigenvalue weighted by atomic mass is 9.92. The van der Waals surface area contributed by atoms with Crippen LogP contribution in [0.1, 0.15) is 37.6 Å². The third-order valence-electron chi connectivity index (χ3n) is 3.76. The number of benzene rings is 1. The summed E-state index contributed by atoms with van der Waals surface area (Å²) in [6.07, 6.45) is 0. The number of hydrogen-bond donors (Lipinski definition) is 1. The van der Waals surface area contributed by atoms with Crippen LogP contribution in [-0.4, -0.2) is 19.8 Å². The molecular formula is C16H19ClN4. The van der Waals surface area contributed by atoms with Crippen LogP contribution < -0.4 is 0 Å². The number of rotatable bonds is 1. The molecule has 3 aromatic rings. The zero-order valence-corrected chi connectivity index (χ0v) is 13.7. The van der Waals surface area contributed by atoms with Crippen molar-refractivity contribution in [2.45, 2.75) is 40.0 Å². The summed E-state index contributed by atoms with van der Waals surface area (Å²) >= 11 is 6.44. The molecule has 110 valence electrons. The Balaban J connectivity index is 2.12. The molecule has 1 N–H and O–H groups in total. The SMILES string of the molecule is Cc1ccc(-c2nc3c(Cl)c(C(C)(C)C)[nH]n3n2)cc1C. The lowest BCUT2D eigenvalue weighted by molar-refractivity contribution is 0.557. The Morgan fingerprint density at radius 3 is 2.43 bits per heavy atom. The van der Waals surface area contributed by atoms with Gasteiger partial charge in [0.1, 0.15) is 5.02 Å². The normalized spacial score (nSPS) is 12.3. The molecule has 0 atom stereocenters. The van der Waals surface area contributed by atoms with E-state index in [1.807, 2.05) is 6.07 Å². The van der Waals surface area contributed by atoms with E-state index in [1.165, 1.54) is 11.1 Å². The van der Waals surface area contributed by atoms with Gasteiger partial charge in [-0.3, -0.25) is 5.10 Å². The minimum absolute atomic E-state index is 0.0694. The number of hydrogen-bond acceptors (Lipinski definition) is 2. The van der Waals surface area contributed by atoms with Gasteiger partial charge in [-0.2, -0.15) is 4.63 Å². The van der Waals surface area contributed by atoms with E-state index in [1.54, 1.807) is 4.63 Å². The van der Waals surface area contributed by atoms with Crippen molar-refractivity contribution in [2.24, 2.45) is 0 Å². The maximum atomic E-state index is 6.44. The zero-order valence-electron chi connectivity index (χ0n) is 13.0. The molecule has 0 aliphatic carbocycles. The van der Waals surface area contributed by atoms with Crippen LogP contribution in [0.25, 0.3) is 17.0 Å². The molecule has 0 saturated carbocycles. The van der Waals surface area contributed by atoms with Gasteiger partial charge in [0, 0.05) is 11.0 Å². The predicted octanol–water partition coefficient (Wildman–Crippen LogP) is 4.29. The summed E-state index contributed by atoms with van der Waals surface area (Å²) in [4.78, 5) is 4.58. The van der Waals surface area contributed by atoms with Gasteiger partial charge in [0.2, 0.25) is 0 Å². The Bertz CT molecular complexity index is 821. The van der Waals surface area contributed by atoms with Crippen molar-refractivity contribution in [2.75, 3.05) is 0 Å². The number of aromatic amines is 1. The third kappa shape index (κ3) is 2.33. The molecule has 2 heterocycles. The summed E-state index contributed by atoms with van der Waals surface area (Å²) in [6, 6.07) is 6.22. The number of nitrogens with one attached hydrogen (secondary N) is 1. The summed E-state index contributed by atoms with van der Waals surface area (Å²) in [7, 11) is 0. The second-order valence-electron chi connectivity index (χ2n) is 6.52. The Kier molecular flexibility index (Phi) is 3.10. The van der Waals surface area contributed by atoms with Crippen molar-refractivity contribution < 1.29 is 0 Å². The lowest BCUT2D eigenvalue weighted by Gasteiger charge is -2.16. The van der Waals surface area contributed by atoms with E-state index in [2.05, 4.69) is 61.9 Å². The molecule has 1 aromatic carbocycles. The van der Waals surface area contributed by atoms with Gasteiger partial charge in [0.15, 0.2) is 11.5 Å². The number of fused-ring (bicyclic) bond motifs is 1. The second kappa shape index (κ2) is 4.60. The molecular weight excluding hydrogens is 284 g/mol. The van der Waals surface area contributed by atoms with E-state index in [9.17, 15) is 0 Å². The lowest BCUT2D eigenvalue weighted by Crippen LogP contribution is -2.12. The summed E-state index contributed by atoms with van der Waals surface area (Å²) in [5.74, 6) is 0.687. The van der Waals surface area contributed by atoms with Crippen LogP contribution in [0.2, 0.25) is 5.02 Å². The van der Waals surface area contributed by atoms with Gasteiger partial charge in [-0.05, 0) is 31.0 Å². The van der Waals surface area contributed by atoms with Crippen LogP contribution >= 0.6 is 11.6 Å². The average molecular weight is 303 g/mol. The van der Waals surface area contributed by atoms with E-state index in [4.69, 9.17) is 11.6 Å². The highest BCUT2D eigenvalue weighted by Crippen LogP contribution is 2.31. The van der Waals surface area contributed by atoms with Crippen LogP contribution in [0.15, 0.2) is 18.2 Å². The second-order valence-corrected chi connectivity index (χ2v) is 6.90. The molecule has 21 heavy (non-hydrogen) atoms. The van der Waals surface area contributed by atoms with Crippen molar-refractivity contribution >= 4 is 17.2 Å². The van der Waals surface area contributed by atoms with Gasteiger partial charge in [-0.1, -0.05) is 44.5 Å². The first-order chi connectivity index (χ1) is 9.77. The fourth-order valence-corrected chi connectivity index (χ4v) is 2.75. The van der Waals surface area contributed by atoms with Crippen LogP contribution in [0, 0.1) is 13.8 Å². The molecule has 0 spiro atoms. The van der Waals surface area contributed by atoms with Gasteiger partial charge in [0.05, 0.1) is 5.69 Å². The fraction of sp³-hybridized carbons (Fsp3) is 0.375. The molecule has 0 fully saturated rings. The van der Waals surface area contributed by atoms with Crippen LogP contribution in [0.4, 0.5) is 0 Å². The molecule has 0 radical (unpaired) electrons. The van der Waals surface area contributed by atoms with Crippen molar-refractivity contribution in [3.63, 3.8) is 0 Å². The van der Waals surface area contributed by atoms with E-state index in [0.717, 1.165) is 11.3 Å². The average Bonchev–Trinajstić information content (AvgIpc) is 2.92. The predicted molar refractivity (Wildman–Crippen MR) is 86.0 cm³/mol. The van der Waals surface area contributed by atoms with Gasteiger partial charge < -0.3 is 0 Å². The van der Waals surface area contributed by atoms with Gasteiger partial charge in [-0.15, -0.1) is 5.10 Å². The number of nitrogens with zero attached hydrogens (tertiary/aromatic N) is 3. The van der Waals surface area contributed by atoms with Crippen LogP contribution in [0.3, 0.4) is 0 Å². The molecule has 4 nitrogen and oxygen atoms in total. The minimum atomic E-state index is -0.0694. The number of H-pyrrole nitrogens is 1. The van der Waals surface area contributed by atoms with E-state index >= 15 is 0 Å². The quantitative estimate of drug-likeness (QED) is 0.729. The topological polar surface area (TPSA) is 46.0 Å². The Morgan fingerprint density at radius 1 is 1.14 bits per heavy atom. The van der Waals surface area contributed by atoms with E-state index in [-0.39, 0.29) is 5.41 Å². The molecule has 0 aliphatic rings. The molecule has 5 heteroatoms. The Hall–Kier alpha value is -1.81. The molecule has 0 bridgehead atoms. The number of aromatic nitrogens is 4. The van der Waals surface area contributed by atoms with Crippen LogP contribution in [-0.2, 0) is 5.41 Å². The summed E-state index contributed by atoms with van der Waals surface area (Å²) < 4.78 is 1.66. The van der Waals surface area contributed by atoms with Crippen molar-refractivity contribution in [1.82, 2.24) is 19.8 Å². The molecule has 0 saturated heterocycles. The maximum absolute atomic E-state index is 6.44. The first-order valence-electron chi connectivity index (χ1n) is 7.00. The van der Waals surface area contributed by atoms with Crippen molar-refractivity contribution in [3.8, 4) is 11.4 Å². The zero-order chi connectivity index (χ0) is 15.4. The Labute approximate surface area is 129 Å².